The molecular weight excluding hydrogens is 338 g/mol. The van der Waals surface area contributed by atoms with Crippen LogP contribution >= 0.6 is 11.3 Å². The second-order valence-electron chi connectivity index (χ2n) is 5.19. The van der Waals surface area contributed by atoms with Crippen LogP contribution < -0.4 is 5.32 Å². The van der Waals surface area contributed by atoms with E-state index in [1.807, 2.05) is 47.3 Å². The second kappa shape index (κ2) is 7.76. The molecule has 3 aromatic rings. The molecule has 0 radical (unpaired) electrons. The van der Waals surface area contributed by atoms with E-state index in [2.05, 4.69) is 10.3 Å². The first-order valence-corrected chi connectivity index (χ1v) is 8.69. The highest BCUT2D eigenvalue weighted by atomic mass is 32.1. The molecule has 1 aromatic carbocycles. The van der Waals surface area contributed by atoms with E-state index >= 15 is 0 Å². The van der Waals surface area contributed by atoms with Crippen LogP contribution in [0.3, 0.4) is 0 Å². The molecule has 2 heterocycles. The molecule has 0 saturated carbocycles. The van der Waals surface area contributed by atoms with Crippen molar-refractivity contribution in [2.24, 2.45) is 0 Å². The molecule has 0 fully saturated rings. The molecule has 0 spiro atoms. The van der Waals surface area contributed by atoms with E-state index in [4.69, 9.17) is 4.74 Å². The SMILES string of the molecule is CCOC(=O)Cc1csc(NC(=O)c2ccccc2-n2cccc2)n1. The van der Waals surface area contributed by atoms with Gasteiger partial charge < -0.3 is 9.30 Å². The summed E-state index contributed by atoms with van der Waals surface area (Å²) in [6, 6.07) is 11.1. The molecule has 0 aliphatic carbocycles. The Morgan fingerprint density at radius 3 is 2.72 bits per heavy atom. The Labute approximate surface area is 149 Å². The third-order valence-corrected chi connectivity index (χ3v) is 4.24. The number of hydrogen-bond donors (Lipinski definition) is 1. The van der Waals surface area contributed by atoms with Crippen LogP contribution in [0.5, 0.6) is 0 Å². The van der Waals surface area contributed by atoms with Crippen LogP contribution in [0.1, 0.15) is 23.0 Å². The average molecular weight is 355 g/mol. The molecule has 0 unspecified atom stereocenters. The van der Waals surface area contributed by atoms with E-state index in [1.54, 1.807) is 18.4 Å². The van der Waals surface area contributed by atoms with Crippen molar-refractivity contribution in [2.75, 3.05) is 11.9 Å². The van der Waals surface area contributed by atoms with E-state index < -0.39 is 0 Å². The summed E-state index contributed by atoms with van der Waals surface area (Å²) < 4.78 is 6.78. The fraction of sp³-hybridized carbons (Fsp3) is 0.167. The van der Waals surface area contributed by atoms with Gasteiger partial charge in [0.05, 0.1) is 30.0 Å². The van der Waals surface area contributed by atoms with Crippen LogP contribution in [-0.4, -0.2) is 28.0 Å². The Kier molecular flexibility index (Phi) is 5.25. The zero-order chi connectivity index (χ0) is 17.6. The fourth-order valence-electron chi connectivity index (χ4n) is 2.36. The van der Waals surface area contributed by atoms with Crippen molar-refractivity contribution in [3.63, 3.8) is 0 Å². The summed E-state index contributed by atoms with van der Waals surface area (Å²) in [5, 5.41) is 4.98. The van der Waals surface area contributed by atoms with Gasteiger partial charge in [-0.1, -0.05) is 12.1 Å². The van der Waals surface area contributed by atoms with Gasteiger partial charge in [-0.15, -0.1) is 11.3 Å². The summed E-state index contributed by atoms with van der Waals surface area (Å²) in [7, 11) is 0. The predicted octanol–water partition coefficient (Wildman–Crippen LogP) is 3.29. The molecule has 6 nitrogen and oxygen atoms in total. The van der Waals surface area contributed by atoms with Gasteiger partial charge in [0.2, 0.25) is 0 Å². The third kappa shape index (κ3) is 4.13. The van der Waals surface area contributed by atoms with Crippen LogP contribution in [0.25, 0.3) is 5.69 Å². The maximum Gasteiger partial charge on any atom is 0.311 e. The third-order valence-electron chi connectivity index (χ3n) is 3.43. The van der Waals surface area contributed by atoms with Crippen molar-refractivity contribution >= 4 is 28.3 Å². The fourth-order valence-corrected chi connectivity index (χ4v) is 3.06. The summed E-state index contributed by atoms with van der Waals surface area (Å²) in [5.74, 6) is -0.579. The van der Waals surface area contributed by atoms with E-state index in [9.17, 15) is 9.59 Å². The summed E-state index contributed by atoms with van der Waals surface area (Å²) in [5.41, 5.74) is 1.91. The van der Waals surface area contributed by atoms with Crippen molar-refractivity contribution in [1.29, 1.82) is 0 Å². The van der Waals surface area contributed by atoms with E-state index in [0.29, 0.717) is 23.0 Å². The van der Waals surface area contributed by atoms with Crippen molar-refractivity contribution in [3.8, 4) is 5.69 Å². The van der Waals surface area contributed by atoms with Crippen molar-refractivity contribution < 1.29 is 14.3 Å². The van der Waals surface area contributed by atoms with Crippen LogP contribution in [0.4, 0.5) is 5.13 Å². The molecule has 0 saturated heterocycles. The molecular formula is C18H17N3O3S. The van der Waals surface area contributed by atoms with Crippen LogP contribution in [0.15, 0.2) is 54.2 Å². The smallest absolute Gasteiger partial charge is 0.311 e. The Hall–Kier alpha value is -2.93. The van der Waals surface area contributed by atoms with Crippen LogP contribution in [-0.2, 0) is 16.0 Å². The Bertz CT molecular complexity index is 871. The van der Waals surface area contributed by atoms with Gasteiger partial charge in [0.1, 0.15) is 0 Å². The number of para-hydroxylation sites is 1. The normalized spacial score (nSPS) is 10.4. The summed E-state index contributed by atoms with van der Waals surface area (Å²) in [4.78, 5) is 28.4. The lowest BCUT2D eigenvalue weighted by Gasteiger charge is -2.09. The number of nitrogens with one attached hydrogen (secondary N) is 1. The number of ether oxygens (including phenoxy) is 1. The first kappa shape index (κ1) is 16.9. The van der Waals surface area contributed by atoms with Crippen molar-refractivity contribution in [2.45, 2.75) is 13.3 Å². The molecule has 0 bridgehead atoms. The number of rotatable bonds is 6. The number of carbonyl (C=O) groups is 2. The second-order valence-corrected chi connectivity index (χ2v) is 6.05. The molecule has 0 aliphatic heterocycles. The zero-order valence-corrected chi connectivity index (χ0v) is 14.5. The molecule has 1 N–H and O–H groups in total. The lowest BCUT2D eigenvalue weighted by molar-refractivity contribution is -0.142. The standard InChI is InChI=1S/C18H17N3O3S/c1-2-24-16(22)11-13-12-25-18(19-13)20-17(23)14-7-3-4-8-15(14)21-9-5-6-10-21/h3-10,12H,2,11H2,1H3,(H,19,20,23). The zero-order valence-electron chi connectivity index (χ0n) is 13.6. The minimum absolute atomic E-state index is 0.0974. The number of esters is 1. The predicted molar refractivity (Wildman–Crippen MR) is 96.2 cm³/mol. The van der Waals surface area contributed by atoms with E-state index in [-0.39, 0.29) is 18.3 Å². The highest BCUT2D eigenvalue weighted by Gasteiger charge is 2.15. The quantitative estimate of drug-likeness (QED) is 0.689. The number of aromatic nitrogens is 2. The highest BCUT2D eigenvalue weighted by Crippen LogP contribution is 2.20. The van der Waals surface area contributed by atoms with Gasteiger partial charge in [0.25, 0.3) is 5.91 Å². The number of anilines is 1. The van der Waals surface area contributed by atoms with Crippen molar-refractivity contribution in [3.05, 3.63) is 65.4 Å². The number of amides is 1. The largest absolute Gasteiger partial charge is 0.466 e. The Balaban J connectivity index is 1.73. The minimum Gasteiger partial charge on any atom is -0.466 e. The van der Waals surface area contributed by atoms with Gasteiger partial charge in [0, 0.05) is 17.8 Å². The van der Waals surface area contributed by atoms with Crippen LogP contribution in [0, 0.1) is 0 Å². The van der Waals surface area contributed by atoms with Gasteiger partial charge in [0.15, 0.2) is 5.13 Å². The molecule has 128 valence electrons. The number of thiazole rings is 1. The maximum atomic E-state index is 12.6. The van der Waals surface area contributed by atoms with Gasteiger partial charge >= 0.3 is 5.97 Å². The average Bonchev–Trinajstić information content (AvgIpc) is 3.27. The number of hydrogen-bond acceptors (Lipinski definition) is 5. The number of carbonyl (C=O) groups excluding carboxylic acids is 2. The molecule has 1 amide bonds. The van der Waals surface area contributed by atoms with Gasteiger partial charge in [-0.2, -0.15) is 0 Å². The first-order valence-electron chi connectivity index (χ1n) is 7.81. The molecule has 7 heteroatoms. The van der Waals surface area contributed by atoms with Gasteiger partial charge in [-0.05, 0) is 31.2 Å². The lowest BCUT2D eigenvalue weighted by Crippen LogP contribution is -2.15. The van der Waals surface area contributed by atoms with Gasteiger partial charge in [-0.3, -0.25) is 14.9 Å². The van der Waals surface area contributed by atoms with E-state index in [1.165, 1.54) is 11.3 Å². The Morgan fingerprint density at radius 1 is 1.20 bits per heavy atom. The highest BCUT2D eigenvalue weighted by molar-refractivity contribution is 7.14. The molecule has 25 heavy (non-hydrogen) atoms. The maximum absolute atomic E-state index is 12.6. The van der Waals surface area contributed by atoms with E-state index in [0.717, 1.165) is 5.69 Å². The first-order chi connectivity index (χ1) is 12.2. The molecule has 0 aliphatic rings. The van der Waals surface area contributed by atoms with Crippen LogP contribution in [0.2, 0.25) is 0 Å². The molecule has 0 atom stereocenters. The number of nitrogens with zero attached hydrogens (tertiary/aromatic N) is 2. The minimum atomic E-state index is -0.330. The number of benzene rings is 1. The van der Waals surface area contributed by atoms with Gasteiger partial charge in [-0.25, -0.2) is 4.98 Å². The summed E-state index contributed by atoms with van der Waals surface area (Å²) in [6.45, 7) is 2.09. The monoisotopic (exact) mass is 355 g/mol. The topological polar surface area (TPSA) is 73.2 Å². The molecule has 2 aromatic heterocycles. The summed E-state index contributed by atoms with van der Waals surface area (Å²) in [6.07, 6.45) is 3.86. The Morgan fingerprint density at radius 2 is 1.96 bits per heavy atom. The summed E-state index contributed by atoms with van der Waals surface area (Å²) >= 11 is 1.28. The lowest BCUT2D eigenvalue weighted by atomic mass is 10.1. The van der Waals surface area contributed by atoms with Crippen molar-refractivity contribution in [1.82, 2.24) is 9.55 Å². The molecule has 3 rings (SSSR count).